The molecular formula is C41H36F2IrN2OSi-2. The van der Waals surface area contributed by atoms with E-state index in [1.54, 1.807) is 24.4 Å². The average Bonchev–Trinajstić information content (AvgIpc) is 3.41. The number of fused-ring (bicyclic) bond motifs is 3. The third-order valence-electron chi connectivity index (χ3n) is 8.13. The Hall–Kier alpha value is -4.29. The topological polar surface area (TPSA) is 38.9 Å². The quantitative estimate of drug-likeness (QED) is 0.131. The Morgan fingerprint density at radius 2 is 1.56 bits per heavy atom. The van der Waals surface area contributed by atoms with E-state index in [0.29, 0.717) is 38.8 Å². The maximum atomic E-state index is 14.5. The normalized spacial score (nSPS) is 12.5. The van der Waals surface area contributed by atoms with Crippen LogP contribution in [0.25, 0.3) is 55.6 Å². The molecule has 7 heteroatoms. The largest absolute Gasteiger partial charge is 0.500 e. The van der Waals surface area contributed by atoms with Gasteiger partial charge < -0.3 is 14.4 Å². The second-order valence-electron chi connectivity index (χ2n) is 12.9. The van der Waals surface area contributed by atoms with Crippen LogP contribution in [0, 0.1) is 51.4 Å². The van der Waals surface area contributed by atoms with Crippen molar-refractivity contribution in [3.63, 3.8) is 0 Å². The first-order valence-corrected chi connectivity index (χ1v) is 18.9. The van der Waals surface area contributed by atoms with Crippen molar-refractivity contribution in [1.29, 1.82) is 0 Å². The molecule has 0 amide bonds. The number of rotatable bonds is 4. The first-order chi connectivity index (χ1) is 23.6. The van der Waals surface area contributed by atoms with Crippen molar-refractivity contribution in [2.24, 2.45) is 0 Å². The Labute approximate surface area is 299 Å². The fraction of sp³-hybridized carbons (Fsp3) is 0.171. The summed E-state index contributed by atoms with van der Waals surface area (Å²) < 4.78 is 56.1. The number of nitrogens with zero attached hydrogens (tertiary/aromatic N) is 2. The van der Waals surface area contributed by atoms with Gasteiger partial charge in [0.05, 0.1) is 13.7 Å². The molecule has 0 aliphatic heterocycles. The van der Waals surface area contributed by atoms with Gasteiger partial charge >= 0.3 is 0 Å². The second-order valence-corrected chi connectivity index (χ2v) is 17.9. The molecule has 48 heavy (non-hydrogen) atoms. The van der Waals surface area contributed by atoms with Crippen molar-refractivity contribution in [2.45, 2.75) is 47.3 Å². The number of pyridine rings is 2. The Balaban J connectivity index is 0.000000211. The van der Waals surface area contributed by atoms with Gasteiger partial charge in [0.2, 0.25) is 0 Å². The average molecular weight is 834 g/mol. The van der Waals surface area contributed by atoms with Gasteiger partial charge in [-0.1, -0.05) is 79.4 Å². The van der Waals surface area contributed by atoms with Gasteiger partial charge in [0.25, 0.3) is 0 Å². The molecule has 0 spiro atoms. The van der Waals surface area contributed by atoms with Crippen molar-refractivity contribution >= 4 is 35.2 Å². The zero-order valence-electron chi connectivity index (χ0n) is 30.6. The fourth-order valence-electron chi connectivity index (χ4n) is 5.88. The Morgan fingerprint density at radius 3 is 2.21 bits per heavy atom. The molecule has 3 aromatic heterocycles. The van der Waals surface area contributed by atoms with E-state index in [9.17, 15) is 8.78 Å². The van der Waals surface area contributed by atoms with Crippen LogP contribution in [0.5, 0.6) is 0 Å². The predicted octanol–water partition coefficient (Wildman–Crippen LogP) is 10.7. The van der Waals surface area contributed by atoms with E-state index in [2.05, 4.69) is 80.7 Å². The number of hydrogen-bond donors (Lipinski definition) is 0. The zero-order valence-corrected chi connectivity index (χ0v) is 30.9. The van der Waals surface area contributed by atoms with Gasteiger partial charge in [-0.05, 0) is 77.8 Å². The third-order valence-corrected chi connectivity index (χ3v) is 10.2. The molecule has 7 aromatic rings. The van der Waals surface area contributed by atoms with Crippen molar-refractivity contribution in [3.8, 4) is 33.6 Å². The van der Waals surface area contributed by atoms with Crippen LogP contribution in [0.4, 0.5) is 8.78 Å². The van der Waals surface area contributed by atoms with Gasteiger partial charge in [-0.2, -0.15) is 0 Å². The van der Waals surface area contributed by atoms with Crippen LogP contribution < -0.4 is 5.19 Å². The maximum absolute atomic E-state index is 14.5. The van der Waals surface area contributed by atoms with Crippen molar-refractivity contribution in [3.05, 3.63) is 137 Å². The van der Waals surface area contributed by atoms with Gasteiger partial charge in [0.15, 0.2) is 0 Å². The van der Waals surface area contributed by atoms with Gasteiger partial charge in [-0.15, -0.1) is 41.5 Å². The van der Waals surface area contributed by atoms with Crippen LogP contribution in [0.15, 0.2) is 95.7 Å². The molecule has 3 heterocycles. The fourth-order valence-corrected chi connectivity index (χ4v) is 6.91. The van der Waals surface area contributed by atoms with Gasteiger partial charge in [0, 0.05) is 53.9 Å². The summed E-state index contributed by atoms with van der Waals surface area (Å²) in [4.78, 5) is 8.93. The molecule has 0 fully saturated rings. The van der Waals surface area contributed by atoms with Gasteiger partial charge in [-0.3, -0.25) is 0 Å². The molecular weight excluding hydrogens is 795 g/mol. The van der Waals surface area contributed by atoms with Crippen LogP contribution in [0.3, 0.4) is 0 Å². The summed E-state index contributed by atoms with van der Waals surface area (Å²) in [5.41, 5.74) is 9.38. The Morgan fingerprint density at radius 1 is 0.792 bits per heavy atom. The molecule has 7 rings (SSSR count). The number of halogens is 2. The molecule has 0 unspecified atom stereocenters. The molecule has 0 N–H and O–H groups in total. The van der Waals surface area contributed by atoms with Crippen LogP contribution in [-0.4, -0.2) is 18.0 Å². The van der Waals surface area contributed by atoms with Crippen molar-refractivity contribution < 1.29 is 37.4 Å². The van der Waals surface area contributed by atoms with Crippen molar-refractivity contribution in [2.75, 3.05) is 0 Å². The van der Waals surface area contributed by atoms with Gasteiger partial charge in [0.1, 0.15) is 11.4 Å². The van der Waals surface area contributed by atoms with E-state index < -0.39 is 26.6 Å². The second kappa shape index (κ2) is 14.1. The van der Waals surface area contributed by atoms with Crippen LogP contribution >= 0.6 is 0 Å². The number of aromatic nitrogens is 2. The minimum atomic E-state index is -2.08. The number of aryl methyl sites for hydroxylation is 4. The van der Waals surface area contributed by atoms with E-state index in [4.69, 9.17) is 8.53 Å². The molecule has 0 bridgehead atoms. The zero-order chi connectivity index (χ0) is 36.0. The molecule has 0 saturated carbocycles. The predicted molar refractivity (Wildman–Crippen MR) is 192 cm³/mol. The molecule has 0 aliphatic rings. The first-order valence-electron chi connectivity index (χ1n) is 16.9. The van der Waals surface area contributed by atoms with Crippen LogP contribution in [-0.2, 0) is 20.1 Å². The minimum absolute atomic E-state index is 0. The summed E-state index contributed by atoms with van der Waals surface area (Å²) in [6.45, 7) is 11.0. The standard InChI is InChI=1S/C26H18F2NO.C15H18NSi.Ir/c1-14-8-15(2)25(16(3)9-14)17-6-7-29-23(10-17)22-12-19(28)11-21-20-5-4-18(27)13-24(20)30-26(21)22;1-12-5-7-13(8-6-12)15-10-9-14(11-16-15)17(2,3)4;/h4-11,13H,1-3H3;5-7,9-11H,1-4H3;/q2*-1;/i;1D3;. The van der Waals surface area contributed by atoms with E-state index in [0.717, 1.165) is 33.5 Å². The number of benzene rings is 4. The first kappa shape index (κ1) is 31.0. The minimum Gasteiger partial charge on any atom is -0.500 e. The smallest absolute Gasteiger partial charge is 0.126 e. The summed E-state index contributed by atoms with van der Waals surface area (Å²) in [5.74, 6) is -0.919. The third kappa shape index (κ3) is 7.39. The SMILES string of the molecule is Cc1cc(C)c(-c2ccnc(-c3[c-]c(F)cc4c3oc3cc(F)ccc34)c2)c(C)c1.[2H]C([2H])([2H])c1c[c-]c(-c2ccc([Si](C)(C)C)cn2)cc1.[Ir]. The number of hydrogen-bond acceptors (Lipinski definition) is 3. The molecule has 1 radical (unpaired) electrons. The maximum Gasteiger partial charge on any atom is 0.126 e. The Kier molecular flexibility index (Phi) is 9.08. The summed E-state index contributed by atoms with van der Waals surface area (Å²) in [7, 11) is -1.34. The van der Waals surface area contributed by atoms with Gasteiger partial charge in [-0.25, -0.2) is 8.78 Å². The monoisotopic (exact) mass is 834 g/mol. The number of furan rings is 1. The molecule has 245 valence electrons. The summed E-state index contributed by atoms with van der Waals surface area (Å²) in [5, 5.41) is 2.54. The molecule has 0 saturated heterocycles. The molecule has 0 atom stereocenters. The van der Waals surface area contributed by atoms with E-state index in [-0.39, 0.29) is 20.1 Å². The van der Waals surface area contributed by atoms with E-state index >= 15 is 0 Å². The van der Waals surface area contributed by atoms with Crippen LogP contribution in [0.2, 0.25) is 19.6 Å². The summed E-state index contributed by atoms with van der Waals surface area (Å²) in [6.07, 6.45) is 3.63. The summed E-state index contributed by atoms with van der Waals surface area (Å²) >= 11 is 0. The summed E-state index contributed by atoms with van der Waals surface area (Å²) in [6, 6.07) is 28.5. The van der Waals surface area contributed by atoms with Crippen LogP contribution in [0.1, 0.15) is 26.4 Å². The van der Waals surface area contributed by atoms with Crippen molar-refractivity contribution in [1.82, 2.24) is 9.97 Å². The molecule has 4 aromatic carbocycles. The van der Waals surface area contributed by atoms with E-state index in [1.165, 1.54) is 35.0 Å². The Bertz CT molecular complexity index is 2270. The van der Waals surface area contributed by atoms with E-state index in [1.807, 2.05) is 24.4 Å². The molecule has 3 nitrogen and oxygen atoms in total. The molecule has 0 aliphatic carbocycles.